The second kappa shape index (κ2) is 2.46. The molecule has 0 aromatic rings. The van der Waals surface area contributed by atoms with E-state index in [1.54, 1.807) is 12.2 Å². The second-order valence-corrected chi connectivity index (χ2v) is 1.82. The van der Waals surface area contributed by atoms with Crippen LogP contribution in [0.2, 0.25) is 0 Å². The van der Waals surface area contributed by atoms with Gasteiger partial charge in [-0.1, -0.05) is 6.08 Å². The summed E-state index contributed by atoms with van der Waals surface area (Å²) < 4.78 is 0. The molecule has 3 heteroatoms. The summed E-state index contributed by atoms with van der Waals surface area (Å²) in [6.45, 7) is 0. The van der Waals surface area contributed by atoms with Crippen LogP contribution in [-0.2, 0) is 4.79 Å². The van der Waals surface area contributed by atoms with Crippen molar-refractivity contribution in [1.82, 2.24) is 5.43 Å². The fourth-order valence-corrected chi connectivity index (χ4v) is 0.672. The van der Waals surface area contributed by atoms with Crippen LogP contribution in [0.1, 0.15) is 6.42 Å². The Morgan fingerprint density at radius 2 is 2.44 bits per heavy atom. The number of rotatable bonds is 1. The third-order valence-electron chi connectivity index (χ3n) is 1.10. The molecule has 0 aliphatic heterocycles. The molecule has 0 aromatic heterocycles. The number of carbonyl (C=O) groups excluding carboxylic acids is 1. The summed E-state index contributed by atoms with van der Waals surface area (Å²) in [7, 11) is 0. The van der Waals surface area contributed by atoms with Gasteiger partial charge >= 0.3 is 0 Å². The van der Waals surface area contributed by atoms with Gasteiger partial charge < -0.3 is 5.43 Å². The first-order valence-electron chi connectivity index (χ1n) is 2.70. The minimum atomic E-state index is 0.0884. The van der Waals surface area contributed by atoms with Gasteiger partial charge in [-0.3, -0.25) is 10.6 Å². The zero-order chi connectivity index (χ0) is 6.69. The summed E-state index contributed by atoms with van der Waals surface area (Å²) in [4.78, 5) is 10.6. The van der Waals surface area contributed by atoms with Crippen molar-refractivity contribution in [2.75, 3.05) is 0 Å². The summed E-state index contributed by atoms with van der Waals surface area (Å²) in [6.07, 6.45) is 5.53. The fourth-order valence-electron chi connectivity index (χ4n) is 0.672. The molecule has 0 saturated carbocycles. The average molecular weight is 124 g/mol. The second-order valence-electron chi connectivity index (χ2n) is 1.82. The summed E-state index contributed by atoms with van der Waals surface area (Å²) in [6, 6.07) is 0. The molecule has 3 nitrogen and oxygen atoms in total. The molecule has 1 rings (SSSR count). The first kappa shape index (κ1) is 6.04. The maximum Gasteiger partial charge on any atom is 0.161 e. The van der Waals surface area contributed by atoms with E-state index in [0.29, 0.717) is 12.1 Å². The van der Waals surface area contributed by atoms with Crippen molar-refractivity contribution in [3.05, 3.63) is 23.9 Å². The molecule has 0 amide bonds. The minimum absolute atomic E-state index is 0.0884. The third-order valence-corrected chi connectivity index (χ3v) is 1.10. The standard InChI is InChI=1S/C6H8N2O/c7-8-5-2-1-3-6(9)4-5/h1-2,4,8H,3,7H2. The van der Waals surface area contributed by atoms with Crippen molar-refractivity contribution in [3.8, 4) is 0 Å². The quantitative estimate of drug-likeness (QED) is 0.378. The van der Waals surface area contributed by atoms with Crippen LogP contribution in [0, 0.1) is 0 Å². The SMILES string of the molecule is NNC1=CC(=O)CC=C1. The van der Waals surface area contributed by atoms with Crippen LogP contribution < -0.4 is 11.3 Å². The van der Waals surface area contributed by atoms with Crippen molar-refractivity contribution in [2.24, 2.45) is 5.84 Å². The summed E-state index contributed by atoms with van der Waals surface area (Å²) >= 11 is 0. The normalized spacial score (nSPS) is 17.4. The third kappa shape index (κ3) is 1.40. The van der Waals surface area contributed by atoms with Gasteiger partial charge in [-0.25, -0.2) is 0 Å². The zero-order valence-corrected chi connectivity index (χ0v) is 4.92. The number of nitrogens with one attached hydrogen (secondary N) is 1. The molecule has 0 saturated heterocycles. The predicted octanol–water partition coefficient (Wildman–Crippen LogP) is -0.137. The van der Waals surface area contributed by atoms with Gasteiger partial charge in [-0.15, -0.1) is 0 Å². The van der Waals surface area contributed by atoms with Crippen molar-refractivity contribution in [2.45, 2.75) is 6.42 Å². The number of carbonyl (C=O) groups is 1. The fraction of sp³-hybridized carbons (Fsp3) is 0.167. The zero-order valence-electron chi connectivity index (χ0n) is 4.92. The smallest absolute Gasteiger partial charge is 0.161 e. The number of hydrogen-bond donors (Lipinski definition) is 2. The van der Waals surface area contributed by atoms with Gasteiger partial charge in [0.2, 0.25) is 0 Å². The van der Waals surface area contributed by atoms with Crippen molar-refractivity contribution in [3.63, 3.8) is 0 Å². The van der Waals surface area contributed by atoms with Gasteiger partial charge in [0.15, 0.2) is 5.78 Å². The molecule has 0 spiro atoms. The Balaban J connectivity index is 2.70. The van der Waals surface area contributed by atoms with E-state index >= 15 is 0 Å². The minimum Gasteiger partial charge on any atom is -0.324 e. The topological polar surface area (TPSA) is 55.1 Å². The van der Waals surface area contributed by atoms with E-state index in [0.717, 1.165) is 0 Å². The Morgan fingerprint density at radius 3 is 2.89 bits per heavy atom. The van der Waals surface area contributed by atoms with E-state index in [1.165, 1.54) is 6.08 Å². The molecule has 0 fully saturated rings. The number of hydrogen-bond acceptors (Lipinski definition) is 3. The van der Waals surface area contributed by atoms with Crippen LogP contribution in [0.15, 0.2) is 23.9 Å². The number of allylic oxidation sites excluding steroid dienone is 3. The lowest BCUT2D eigenvalue weighted by Gasteiger charge is -2.02. The van der Waals surface area contributed by atoms with E-state index < -0.39 is 0 Å². The predicted molar refractivity (Wildman–Crippen MR) is 34.2 cm³/mol. The molecule has 3 N–H and O–H groups in total. The highest BCUT2D eigenvalue weighted by Gasteiger charge is 2.00. The number of nitrogens with two attached hydrogens (primary N) is 1. The molecule has 1 aliphatic rings. The van der Waals surface area contributed by atoms with Crippen LogP contribution in [0.4, 0.5) is 0 Å². The molecule has 0 atom stereocenters. The maximum absolute atomic E-state index is 10.6. The molecule has 0 bridgehead atoms. The monoisotopic (exact) mass is 124 g/mol. The summed E-state index contributed by atoms with van der Waals surface area (Å²) in [5.74, 6) is 5.13. The van der Waals surface area contributed by atoms with Crippen molar-refractivity contribution >= 4 is 5.78 Å². The summed E-state index contributed by atoms with van der Waals surface area (Å²) in [5.41, 5.74) is 3.06. The lowest BCUT2D eigenvalue weighted by molar-refractivity contribution is -0.113. The lowest BCUT2D eigenvalue weighted by Crippen LogP contribution is -2.21. The van der Waals surface area contributed by atoms with Gasteiger partial charge in [-0.2, -0.15) is 0 Å². The molecule has 1 aliphatic carbocycles. The number of hydrazine groups is 1. The van der Waals surface area contributed by atoms with Gasteiger partial charge in [0.05, 0.1) is 5.70 Å². The van der Waals surface area contributed by atoms with Crippen LogP contribution in [0.3, 0.4) is 0 Å². The molecule has 9 heavy (non-hydrogen) atoms. The van der Waals surface area contributed by atoms with E-state index in [2.05, 4.69) is 5.43 Å². The van der Waals surface area contributed by atoms with Crippen LogP contribution in [-0.4, -0.2) is 5.78 Å². The van der Waals surface area contributed by atoms with Crippen LogP contribution in [0.5, 0.6) is 0 Å². The van der Waals surface area contributed by atoms with Gasteiger partial charge in [-0.05, 0) is 6.08 Å². The van der Waals surface area contributed by atoms with E-state index in [-0.39, 0.29) is 5.78 Å². The van der Waals surface area contributed by atoms with Crippen molar-refractivity contribution in [1.29, 1.82) is 0 Å². The highest BCUT2D eigenvalue weighted by Crippen LogP contribution is 2.01. The van der Waals surface area contributed by atoms with Crippen LogP contribution >= 0.6 is 0 Å². The van der Waals surface area contributed by atoms with Gasteiger partial charge in [0, 0.05) is 12.5 Å². The molecular weight excluding hydrogens is 116 g/mol. The average Bonchev–Trinajstić information content (AvgIpc) is 1.88. The Labute approximate surface area is 53.2 Å². The van der Waals surface area contributed by atoms with Crippen LogP contribution in [0.25, 0.3) is 0 Å². The Bertz CT molecular complexity index is 181. The number of ketones is 1. The molecule has 0 aromatic carbocycles. The maximum atomic E-state index is 10.6. The molecule has 48 valence electrons. The van der Waals surface area contributed by atoms with E-state index in [1.807, 2.05) is 0 Å². The van der Waals surface area contributed by atoms with Gasteiger partial charge in [0.25, 0.3) is 0 Å². The Kier molecular flexibility index (Phi) is 1.65. The lowest BCUT2D eigenvalue weighted by atomic mass is 10.1. The molecule has 0 radical (unpaired) electrons. The van der Waals surface area contributed by atoms with E-state index in [9.17, 15) is 4.79 Å². The first-order valence-corrected chi connectivity index (χ1v) is 2.70. The molecule has 0 unspecified atom stereocenters. The van der Waals surface area contributed by atoms with E-state index in [4.69, 9.17) is 5.84 Å². The summed E-state index contributed by atoms with van der Waals surface area (Å²) in [5, 5.41) is 0. The van der Waals surface area contributed by atoms with Gasteiger partial charge in [0.1, 0.15) is 0 Å². The largest absolute Gasteiger partial charge is 0.324 e. The Morgan fingerprint density at radius 1 is 1.67 bits per heavy atom. The first-order chi connectivity index (χ1) is 4.33. The highest BCUT2D eigenvalue weighted by atomic mass is 16.1. The highest BCUT2D eigenvalue weighted by molar-refractivity contribution is 5.92. The van der Waals surface area contributed by atoms with Crippen molar-refractivity contribution < 1.29 is 4.79 Å². The molecule has 0 heterocycles. The Hall–Kier alpha value is -1.09. The molecular formula is C6H8N2O.